The molecule has 0 saturated heterocycles. The van der Waals surface area contributed by atoms with Crippen molar-refractivity contribution in [2.24, 2.45) is 0 Å². The van der Waals surface area contributed by atoms with Gasteiger partial charge in [-0.25, -0.2) is 0 Å². The fraction of sp³-hybridized carbons (Fsp3) is 0.357. The van der Waals surface area contributed by atoms with Gasteiger partial charge in [0, 0.05) is 24.0 Å². The third-order valence-electron chi connectivity index (χ3n) is 3.07. The third-order valence-corrected chi connectivity index (χ3v) is 3.07. The first kappa shape index (κ1) is 11.1. The Balaban J connectivity index is 2.47. The lowest BCUT2D eigenvalue weighted by molar-refractivity contribution is 0.779. The van der Waals surface area contributed by atoms with Crippen molar-refractivity contribution in [2.45, 2.75) is 20.3 Å². The first-order valence-electron chi connectivity index (χ1n) is 5.73. The number of nitrogens with zero attached hydrogens (tertiary/aromatic N) is 1. The zero-order valence-electron chi connectivity index (χ0n) is 10.2. The van der Waals surface area contributed by atoms with E-state index in [4.69, 9.17) is 4.98 Å². The van der Waals surface area contributed by atoms with E-state index in [1.165, 1.54) is 16.5 Å². The van der Waals surface area contributed by atoms with Gasteiger partial charge in [0.1, 0.15) is 0 Å². The molecule has 0 aliphatic heterocycles. The van der Waals surface area contributed by atoms with Crippen LogP contribution in [-0.4, -0.2) is 18.6 Å². The van der Waals surface area contributed by atoms with Crippen LogP contribution in [0.3, 0.4) is 0 Å². The average Bonchev–Trinajstić information content (AvgIpc) is 2.31. The second kappa shape index (κ2) is 4.62. The summed E-state index contributed by atoms with van der Waals surface area (Å²) in [6.45, 7) is 5.26. The Hall–Kier alpha value is -1.41. The van der Waals surface area contributed by atoms with Gasteiger partial charge in [0.05, 0.1) is 5.52 Å². The number of hydrogen-bond acceptors (Lipinski definition) is 2. The van der Waals surface area contributed by atoms with Gasteiger partial charge < -0.3 is 5.32 Å². The van der Waals surface area contributed by atoms with Crippen molar-refractivity contribution in [3.63, 3.8) is 0 Å². The zero-order valence-corrected chi connectivity index (χ0v) is 10.2. The highest BCUT2D eigenvalue weighted by atomic mass is 14.8. The maximum atomic E-state index is 4.73. The van der Waals surface area contributed by atoms with Crippen LogP contribution in [0.25, 0.3) is 10.9 Å². The quantitative estimate of drug-likeness (QED) is 0.849. The van der Waals surface area contributed by atoms with Crippen LogP contribution >= 0.6 is 0 Å². The predicted octanol–water partition coefficient (Wildman–Crippen LogP) is 2.61. The minimum absolute atomic E-state index is 0.976. The van der Waals surface area contributed by atoms with Gasteiger partial charge in [-0.3, -0.25) is 4.98 Å². The van der Waals surface area contributed by atoms with E-state index in [-0.39, 0.29) is 0 Å². The first-order valence-corrected chi connectivity index (χ1v) is 5.73. The van der Waals surface area contributed by atoms with E-state index < -0.39 is 0 Å². The molecule has 2 rings (SSSR count). The SMILES string of the molecule is CNCCc1ccc2ccc(C)c(C)c2n1. The molecule has 0 fully saturated rings. The summed E-state index contributed by atoms with van der Waals surface area (Å²) in [4.78, 5) is 4.73. The van der Waals surface area contributed by atoms with E-state index in [1.54, 1.807) is 0 Å². The Labute approximate surface area is 96.7 Å². The van der Waals surface area contributed by atoms with Crippen LogP contribution in [0.2, 0.25) is 0 Å². The van der Waals surface area contributed by atoms with Crippen LogP contribution in [0, 0.1) is 13.8 Å². The van der Waals surface area contributed by atoms with E-state index in [9.17, 15) is 0 Å². The molecule has 0 spiro atoms. The number of pyridine rings is 1. The number of rotatable bonds is 3. The lowest BCUT2D eigenvalue weighted by Crippen LogP contribution is -2.11. The fourth-order valence-electron chi connectivity index (χ4n) is 1.86. The molecule has 0 aliphatic carbocycles. The Kier molecular flexibility index (Phi) is 3.20. The molecule has 16 heavy (non-hydrogen) atoms. The topological polar surface area (TPSA) is 24.9 Å². The number of fused-ring (bicyclic) bond motifs is 1. The monoisotopic (exact) mass is 214 g/mol. The maximum Gasteiger partial charge on any atom is 0.0737 e. The van der Waals surface area contributed by atoms with Crippen molar-refractivity contribution in [3.05, 3.63) is 41.1 Å². The Bertz CT molecular complexity index is 503. The number of aryl methyl sites for hydroxylation is 2. The molecule has 0 unspecified atom stereocenters. The van der Waals surface area contributed by atoms with Crippen LogP contribution < -0.4 is 5.32 Å². The zero-order chi connectivity index (χ0) is 11.5. The van der Waals surface area contributed by atoms with Crippen LogP contribution in [0.1, 0.15) is 16.8 Å². The lowest BCUT2D eigenvalue weighted by Gasteiger charge is -2.07. The van der Waals surface area contributed by atoms with Crippen molar-refractivity contribution in [1.82, 2.24) is 10.3 Å². The van der Waals surface area contributed by atoms with Gasteiger partial charge >= 0.3 is 0 Å². The van der Waals surface area contributed by atoms with Crippen molar-refractivity contribution < 1.29 is 0 Å². The lowest BCUT2D eigenvalue weighted by atomic mass is 10.0. The Morgan fingerprint density at radius 3 is 2.62 bits per heavy atom. The van der Waals surface area contributed by atoms with E-state index >= 15 is 0 Å². The minimum atomic E-state index is 0.976. The summed E-state index contributed by atoms with van der Waals surface area (Å²) in [5.74, 6) is 0. The maximum absolute atomic E-state index is 4.73. The summed E-state index contributed by atoms with van der Waals surface area (Å²) in [5, 5.41) is 4.38. The van der Waals surface area contributed by atoms with Gasteiger partial charge in [-0.1, -0.05) is 18.2 Å². The van der Waals surface area contributed by atoms with Gasteiger partial charge in [-0.2, -0.15) is 0 Å². The van der Waals surface area contributed by atoms with Crippen LogP contribution in [0.15, 0.2) is 24.3 Å². The highest BCUT2D eigenvalue weighted by molar-refractivity contribution is 5.82. The summed E-state index contributed by atoms with van der Waals surface area (Å²) in [6, 6.07) is 8.59. The second-order valence-electron chi connectivity index (χ2n) is 4.24. The van der Waals surface area contributed by atoms with E-state index in [0.717, 1.165) is 24.2 Å². The Morgan fingerprint density at radius 2 is 1.88 bits per heavy atom. The van der Waals surface area contributed by atoms with E-state index in [2.05, 4.69) is 43.4 Å². The molecule has 1 heterocycles. The molecule has 1 aromatic heterocycles. The molecule has 1 N–H and O–H groups in total. The summed E-state index contributed by atoms with van der Waals surface area (Å²) in [7, 11) is 1.97. The fourth-order valence-corrected chi connectivity index (χ4v) is 1.86. The molecule has 84 valence electrons. The molecule has 2 heteroatoms. The van der Waals surface area contributed by atoms with Gasteiger partial charge in [0.2, 0.25) is 0 Å². The summed E-state index contributed by atoms with van der Waals surface area (Å²) >= 11 is 0. The van der Waals surface area contributed by atoms with Crippen molar-refractivity contribution in [3.8, 4) is 0 Å². The standard InChI is InChI=1S/C14H18N2/c1-10-4-5-12-6-7-13(8-9-15-3)16-14(12)11(10)2/h4-7,15H,8-9H2,1-3H3. The van der Waals surface area contributed by atoms with E-state index in [1.807, 2.05) is 7.05 Å². The molecule has 0 bridgehead atoms. The van der Waals surface area contributed by atoms with Gasteiger partial charge in [-0.05, 0) is 38.1 Å². The molecular formula is C14H18N2. The van der Waals surface area contributed by atoms with Crippen LogP contribution in [-0.2, 0) is 6.42 Å². The largest absolute Gasteiger partial charge is 0.319 e. The summed E-state index contributed by atoms with van der Waals surface area (Å²) in [6.07, 6.45) is 0.986. The molecular weight excluding hydrogens is 196 g/mol. The predicted molar refractivity (Wildman–Crippen MR) is 68.8 cm³/mol. The number of aromatic nitrogens is 1. The molecule has 2 nitrogen and oxygen atoms in total. The second-order valence-corrected chi connectivity index (χ2v) is 4.24. The number of nitrogens with one attached hydrogen (secondary N) is 1. The van der Waals surface area contributed by atoms with Crippen LogP contribution in [0.5, 0.6) is 0 Å². The van der Waals surface area contributed by atoms with Crippen molar-refractivity contribution in [1.29, 1.82) is 0 Å². The van der Waals surface area contributed by atoms with Crippen molar-refractivity contribution in [2.75, 3.05) is 13.6 Å². The molecule has 0 amide bonds. The number of hydrogen-bond donors (Lipinski definition) is 1. The highest BCUT2D eigenvalue weighted by Gasteiger charge is 2.03. The average molecular weight is 214 g/mol. The summed E-state index contributed by atoms with van der Waals surface area (Å²) in [5.41, 5.74) is 4.92. The van der Waals surface area contributed by atoms with Gasteiger partial charge in [0.25, 0.3) is 0 Å². The van der Waals surface area contributed by atoms with Crippen LogP contribution in [0.4, 0.5) is 0 Å². The molecule has 0 aliphatic rings. The molecule has 2 aromatic rings. The van der Waals surface area contributed by atoms with Gasteiger partial charge in [-0.15, -0.1) is 0 Å². The minimum Gasteiger partial charge on any atom is -0.319 e. The highest BCUT2D eigenvalue weighted by Crippen LogP contribution is 2.19. The van der Waals surface area contributed by atoms with E-state index in [0.29, 0.717) is 0 Å². The molecule has 1 aromatic carbocycles. The number of likely N-dealkylation sites (N-methyl/N-ethyl adjacent to an activating group) is 1. The molecule has 0 atom stereocenters. The first-order chi connectivity index (χ1) is 7.72. The molecule has 0 saturated carbocycles. The smallest absolute Gasteiger partial charge is 0.0737 e. The third kappa shape index (κ3) is 2.07. The van der Waals surface area contributed by atoms with Gasteiger partial charge in [0.15, 0.2) is 0 Å². The number of benzene rings is 1. The Morgan fingerprint density at radius 1 is 1.12 bits per heavy atom. The summed E-state index contributed by atoms with van der Waals surface area (Å²) < 4.78 is 0. The normalized spacial score (nSPS) is 10.9. The van der Waals surface area contributed by atoms with Crippen molar-refractivity contribution >= 4 is 10.9 Å². The molecule has 0 radical (unpaired) electrons.